The van der Waals surface area contributed by atoms with E-state index in [4.69, 9.17) is 0 Å². The molecule has 0 unspecified atom stereocenters. The van der Waals surface area contributed by atoms with Crippen LogP contribution in [0.1, 0.15) is 10.4 Å². The molecule has 0 amide bonds. The standard InChI is InChI=1S/C20H14S/c1-2-6-15(7-3-1)10-11-19-13-18-12-16-8-4-5-9-17(16)14-20(18)21-19/h1-14H. The van der Waals surface area contributed by atoms with Gasteiger partial charge in [-0.1, -0.05) is 60.7 Å². The van der Waals surface area contributed by atoms with Gasteiger partial charge in [0.25, 0.3) is 0 Å². The molecule has 1 heteroatoms. The van der Waals surface area contributed by atoms with E-state index in [1.807, 2.05) is 17.4 Å². The molecule has 1 aromatic heterocycles. The van der Waals surface area contributed by atoms with Gasteiger partial charge in [0.05, 0.1) is 0 Å². The Morgan fingerprint density at radius 3 is 2.14 bits per heavy atom. The second-order valence-electron chi connectivity index (χ2n) is 5.13. The van der Waals surface area contributed by atoms with Crippen LogP contribution in [0.4, 0.5) is 0 Å². The van der Waals surface area contributed by atoms with Crippen LogP contribution in [0, 0.1) is 0 Å². The SMILES string of the molecule is C(=Cc1cc2cc3ccccc3cc2s1)c1ccccc1. The lowest BCUT2D eigenvalue weighted by Crippen LogP contribution is -1.70. The van der Waals surface area contributed by atoms with Crippen LogP contribution in [0.5, 0.6) is 0 Å². The van der Waals surface area contributed by atoms with E-state index in [1.54, 1.807) is 0 Å². The first-order chi connectivity index (χ1) is 10.4. The number of thiophene rings is 1. The summed E-state index contributed by atoms with van der Waals surface area (Å²) in [4.78, 5) is 1.30. The number of hydrogen-bond acceptors (Lipinski definition) is 1. The summed E-state index contributed by atoms with van der Waals surface area (Å²) in [5.74, 6) is 0. The van der Waals surface area contributed by atoms with E-state index >= 15 is 0 Å². The van der Waals surface area contributed by atoms with E-state index in [2.05, 4.69) is 78.9 Å². The van der Waals surface area contributed by atoms with Crippen LogP contribution in [0.25, 0.3) is 33.0 Å². The van der Waals surface area contributed by atoms with Crippen LogP contribution in [0.15, 0.2) is 72.8 Å². The average Bonchev–Trinajstić information content (AvgIpc) is 2.93. The predicted octanol–water partition coefficient (Wildman–Crippen LogP) is 6.22. The topological polar surface area (TPSA) is 0 Å². The first-order valence-electron chi connectivity index (χ1n) is 7.04. The molecule has 0 bridgehead atoms. The van der Waals surface area contributed by atoms with Crippen molar-refractivity contribution in [2.24, 2.45) is 0 Å². The van der Waals surface area contributed by atoms with Crippen molar-refractivity contribution in [2.45, 2.75) is 0 Å². The Balaban J connectivity index is 1.76. The number of benzene rings is 3. The Kier molecular flexibility index (Phi) is 3.06. The van der Waals surface area contributed by atoms with E-state index in [9.17, 15) is 0 Å². The molecule has 0 nitrogen and oxygen atoms in total. The van der Waals surface area contributed by atoms with Gasteiger partial charge in [0.15, 0.2) is 0 Å². The Morgan fingerprint density at radius 2 is 1.33 bits per heavy atom. The summed E-state index contributed by atoms with van der Waals surface area (Å²) in [6.07, 6.45) is 4.37. The van der Waals surface area contributed by atoms with Crippen molar-refractivity contribution >= 4 is 44.3 Å². The number of fused-ring (bicyclic) bond motifs is 2. The molecule has 4 aromatic rings. The lowest BCUT2D eigenvalue weighted by molar-refractivity contribution is 1.67. The Bertz CT molecular complexity index is 877. The minimum Gasteiger partial charge on any atom is -0.136 e. The summed E-state index contributed by atoms with van der Waals surface area (Å²) >= 11 is 1.84. The molecule has 0 aliphatic rings. The maximum atomic E-state index is 2.29. The monoisotopic (exact) mass is 286 g/mol. The Morgan fingerprint density at radius 1 is 0.619 bits per heavy atom. The fourth-order valence-electron chi connectivity index (χ4n) is 2.57. The van der Waals surface area contributed by atoms with Crippen molar-refractivity contribution in [1.82, 2.24) is 0 Å². The van der Waals surface area contributed by atoms with Gasteiger partial charge in [-0.2, -0.15) is 0 Å². The van der Waals surface area contributed by atoms with Crippen molar-refractivity contribution in [1.29, 1.82) is 0 Å². The van der Waals surface area contributed by atoms with Crippen molar-refractivity contribution < 1.29 is 0 Å². The van der Waals surface area contributed by atoms with Gasteiger partial charge in [0, 0.05) is 9.58 Å². The minimum absolute atomic E-state index is 1.24. The molecule has 0 saturated carbocycles. The lowest BCUT2D eigenvalue weighted by atomic mass is 10.1. The molecule has 1 heterocycles. The third-order valence-corrected chi connectivity index (χ3v) is 4.71. The highest BCUT2D eigenvalue weighted by Crippen LogP contribution is 2.31. The van der Waals surface area contributed by atoms with Crippen molar-refractivity contribution in [3.05, 3.63) is 83.2 Å². The summed E-state index contributed by atoms with van der Waals surface area (Å²) in [6, 6.07) is 25.8. The zero-order valence-corrected chi connectivity index (χ0v) is 12.3. The molecular weight excluding hydrogens is 272 g/mol. The Hall–Kier alpha value is -2.38. The van der Waals surface area contributed by atoms with Crippen LogP contribution in [-0.2, 0) is 0 Å². The molecule has 0 aliphatic carbocycles. The van der Waals surface area contributed by atoms with Crippen molar-refractivity contribution in [2.75, 3.05) is 0 Å². The van der Waals surface area contributed by atoms with Crippen molar-refractivity contribution in [3.8, 4) is 0 Å². The molecule has 0 fully saturated rings. The molecule has 0 aliphatic heterocycles. The molecule has 21 heavy (non-hydrogen) atoms. The predicted molar refractivity (Wildman–Crippen MR) is 94.7 cm³/mol. The summed E-state index contributed by atoms with van der Waals surface area (Å²) in [5.41, 5.74) is 1.24. The third-order valence-electron chi connectivity index (χ3n) is 3.64. The van der Waals surface area contributed by atoms with Crippen LogP contribution in [0.3, 0.4) is 0 Å². The van der Waals surface area contributed by atoms with E-state index in [0.717, 1.165) is 0 Å². The summed E-state index contributed by atoms with van der Waals surface area (Å²) in [7, 11) is 0. The van der Waals surface area contributed by atoms with Gasteiger partial charge in [0.1, 0.15) is 0 Å². The summed E-state index contributed by atoms with van der Waals surface area (Å²) < 4.78 is 1.35. The molecule has 0 saturated heterocycles. The van der Waals surface area contributed by atoms with Gasteiger partial charge < -0.3 is 0 Å². The van der Waals surface area contributed by atoms with Gasteiger partial charge in [-0.25, -0.2) is 0 Å². The highest BCUT2D eigenvalue weighted by atomic mass is 32.1. The van der Waals surface area contributed by atoms with E-state index in [1.165, 1.54) is 31.3 Å². The zero-order valence-electron chi connectivity index (χ0n) is 11.5. The van der Waals surface area contributed by atoms with E-state index in [-0.39, 0.29) is 0 Å². The zero-order chi connectivity index (χ0) is 14.1. The summed E-state index contributed by atoms with van der Waals surface area (Å²) in [6.45, 7) is 0. The van der Waals surface area contributed by atoms with Gasteiger partial charge in [-0.3, -0.25) is 0 Å². The molecule has 3 aromatic carbocycles. The second-order valence-corrected chi connectivity index (χ2v) is 6.25. The van der Waals surface area contributed by atoms with Gasteiger partial charge in [-0.05, 0) is 46.0 Å². The molecule has 0 N–H and O–H groups in total. The van der Waals surface area contributed by atoms with Crippen molar-refractivity contribution in [3.63, 3.8) is 0 Å². The fourth-order valence-corrected chi connectivity index (χ4v) is 3.57. The molecule has 100 valence electrons. The van der Waals surface area contributed by atoms with E-state index in [0.29, 0.717) is 0 Å². The van der Waals surface area contributed by atoms with Gasteiger partial charge in [-0.15, -0.1) is 11.3 Å². The third kappa shape index (κ3) is 2.48. The first kappa shape index (κ1) is 12.4. The fraction of sp³-hybridized carbons (Fsp3) is 0. The van der Waals surface area contributed by atoms with Crippen LogP contribution in [-0.4, -0.2) is 0 Å². The number of rotatable bonds is 2. The maximum Gasteiger partial charge on any atom is 0.0355 e. The maximum absolute atomic E-state index is 2.29. The highest BCUT2D eigenvalue weighted by Gasteiger charge is 2.01. The van der Waals surface area contributed by atoms with Gasteiger partial charge in [0.2, 0.25) is 0 Å². The molecular formula is C20H14S. The molecule has 0 spiro atoms. The first-order valence-corrected chi connectivity index (χ1v) is 7.86. The number of hydrogen-bond donors (Lipinski definition) is 0. The lowest BCUT2D eigenvalue weighted by Gasteiger charge is -1.96. The highest BCUT2D eigenvalue weighted by molar-refractivity contribution is 7.20. The normalized spacial score (nSPS) is 11.6. The molecule has 0 atom stereocenters. The quantitative estimate of drug-likeness (QED) is 0.410. The average molecular weight is 286 g/mol. The molecule has 0 radical (unpaired) electrons. The van der Waals surface area contributed by atoms with Crippen LogP contribution < -0.4 is 0 Å². The second kappa shape index (κ2) is 5.19. The Labute approximate surface area is 128 Å². The largest absolute Gasteiger partial charge is 0.136 e. The van der Waals surface area contributed by atoms with E-state index < -0.39 is 0 Å². The minimum atomic E-state index is 1.24. The van der Waals surface area contributed by atoms with Crippen LogP contribution >= 0.6 is 11.3 Å². The molecule has 4 rings (SSSR count). The van der Waals surface area contributed by atoms with Crippen LogP contribution in [0.2, 0.25) is 0 Å². The summed E-state index contributed by atoms with van der Waals surface area (Å²) in [5, 5.41) is 3.94. The smallest absolute Gasteiger partial charge is 0.0355 e. The van der Waals surface area contributed by atoms with Gasteiger partial charge >= 0.3 is 0 Å².